The van der Waals surface area contributed by atoms with E-state index in [0.717, 1.165) is 6.42 Å². The molecule has 0 radical (unpaired) electrons. The van der Waals surface area contributed by atoms with Crippen molar-refractivity contribution in [2.75, 3.05) is 32.8 Å². The SMILES string of the molecule is CCOC1CCCN(C(=O)N(CC(=O)O)CC(F)(F)F)C1. The Labute approximate surface area is 120 Å². The van der Waals surface area contributed by atoms with Crippen molar-refractivity contribution >= 4 is 12.0 Å². The highest BCUT2D eigenvalue weighted by atomic mass is 19.4. The number of carboxylic acid groups (broad SMARTS) is 1. The smallest absolute Gasteiger partial charge is 0.406 e. The van der Waals surface area contributed by atoms with Crippen LogP contribution in [-0.4, -0.2) is 72.0 Å². The van der Waals surface area contributed by atoms with Gasteiger partial charge in [0.05, 0.1) is 6.10 Å². The summed E-state index contributed by atoms with van der Waals surface area (Å²) in [4.78, 5) is 24.3. The molecule has 1 rings (SSSR count). The van der Waals surface area contributed by atoms with Crippen LogP contribution in [0.1, 0.15) is 19.8 Å². The lowest BCUT2D eigenvalue weighted by atomic mass is 10.1. The maximum absolute atomic E-state index is 12.5. The van der Waals surface area contributed by atoms with E-state index in [-0.39, 0.29) is 12.6 Å². The van der Waals surface area contributed by atoms with E-state index in [1.54, 1.807) is 6.92 Å². The van der Waals surface area contributed by atoms with Crippen molar-refractivity contribution in [3.63, 3.8) is 0 Å². The summed E-state index contributed by atoms with van der Waals surface area (Å²) in [6.45, 7) is 0.175. The molecule has 0 aromatic carbocycles. The van der Waals surface area contributed by atoms with Crippen molar-refractivity contribution in [2.24, 2.45) is 0 Å². The largest absolute Gasteiger partial charge is 0.480 e. The standard InChI is InChI=1S/C12H19F3N2O4/c1-2-21-9-4-3-5-16(6-9)11(20)17(7-10(18)19)8-12(13,14)15/h9H,2-8H2,1H3,(H,18,19). The van der Waals surface area contributed by atoms with Gasteiger partial charge >= 0.3 is 18.2 Å². The number of hydrogen-bond donors (Lipinski definition) is 1. The van der Waals surface area contributed by atoms with Crippen LogP contribution in [0.5, 0.6) is 0 Å². The molecule has 6 nitrogen and oxygen atoms in total. The molecule has 2 amide bonds. The Morgan fingerprint density at radius 1 is 1.43 bits per heavy atom. The highest BCUT2D eigenvalue weighted by molar-refractivity contribution is 5.80. The zero-order valence-corrected chi connectivity index (χ0v) is 11.7. The quantitative estimate of drug-likeness (QED) is 0.836. The number of hydrogen-bond acceptors (Lipinski definition) is 3. The number of carboxylic acids is 1. The van der Waals surface area contributed by atoms with Crippen molar-refractivity contribution < 1.29 is 32.6 Å². The molecule has 122 valence electrons. The fraction of sp³-hybridized carbons (Fsp3) is 0.833. The van der Waals surface area contributed by atoms with Gasteiger partial charge in [-0.3, -0.25) is 4.79 Å². The van der Waals surface area contributed by atoms with Gasteiger partial charge in [0, 0.05) is 19.7 Å². The molecule has 1 atom stereocenters. The van der Waals surface area contributed by atoms with Gasteiger partial charge in [-0.05, 0) is 19.8 Å². The average Bonchev–Trinajstić information content (AvgIpc) is 2.35. The number of piperidine rings is 1. The highest BCUT2D eigenvalue weighted by Crippen LogP contribution is 2.19. The molecule has 0 saturated carbocycles. The van der Waals surface area contributed by atoms with Crippen LogP contribution in [0.15, 0.2) is 0 Å². The van der Waals surface area contributed by atoms with Gasteiger partial charge in [0.25, 0.3) is 0 Å². The van der Waals surface area contributed by atoms with Crippen LogP contribution in [0.2, 0.25) is 0 Å². The van der Waals surface area contributed by atoms with Crippen molar-refractivity contribution in [3.8, 4) is 0 Å². The number of aliphatic carboxylic acids is 1. The van der Waals surface area contributed by atoms with Gasteiger partial charge in [-0.25, -0.2) is 4.79 Å². The Morgan fingerprint density at radius 2 is 2.10 bits per heavy atom. The molecule has 1 heterocycles. The van der Waals surface area contributed by atoms with Crippen LogP contribution in [0.3, 0.4) is 0 Å². The van der Waals surface area contributed by atoms with Crippen LogP contribution in [0.25, 0.3) is 0 Å². The summed E-state index contributed by atoms with van der Waals surface area (Å²) in [6.07, 6.45) is -3.51. The van der Waals surface area contributed by atoms with Gasteiger partial charge in [0.2, 0.25) is 0 Å². The van der Waals surface area contributed by atoms with E-state index >= 15 is 0 Å². The fourth-order valence-electron chi connectivity index (χ4n) is 2.25. The summed E-state index contributed by atoms with van der Waals surface area (Å²) in [5.41, 5.74) is 0. The Morgan fingerprint density at radius 3 is 2.62 bits per heavy atom. The Balaban J connectivity index is 2.71. The zero-order valence-electron chi connectivity index (χ0n) is 11.7. The number of alkyl halides is 3. The fourth-order valence-corrected chi connectivity index (χ4v) is 2.25. The second-order valence-electron chi connectivity index (χ2n) is 4.81. The normalized spacial score (nSPS) is 19.4. The van der Waals surface area contributed by atoms with Crippen LogP contribution in [0, 0.1) is 0 Å². The number of urea groups is 1. The number of carbonyl (C=O) groups excluding carboxylic acids is 1. The number of rotatable bonds is 5. The van der Waals surface area contributed by atoms with E-state index in [0.29, 0.717) is 24.5 Å². The number of likely N-dealkylation sites (tertiary alicyclic amines) is 1. The summed E-state index contributed by atoms with van der Waals surface area (Å²) in [5, 5.41) is 8.66. The first-order valence-corrected chi connectivity index (χ1v) is 6.67. The lowest BCUT2D eigenvalue weighted by molar-refractivity contribution is -0.150. The highest BCUT2D eigenvalue weighted by Gasteiger charge is 2.36. The van der Waals surface area contributed by atoms with E-state index in [9.17, 15) is 22.8 Å². The van der Waals surface area contributed by atoms with Gasteiger partial charge in [0.15, 0.2) is 0 Å². The first-order valence-electron chi connectivity index (χ1n) is 6.67. The Kier molecular flexibility index (Phi) is 6.25. The third-order valence-corrected chi connectivity index (χ3v) is 3.02. The monoisotopic (exact) mass is 312 g/mol. The minimum Gasteiger partial charge on any atom is -0.480 e. The van der Waals surface area contributed by atoms with Crippen molar-refractivity contribution in [1.29, 1.82) is 0 Å². The number of halogens is 3. The molecule has 9 heteroatoms. The van der Waals surface area contributed by atoms with Crippen LogP contribution >= 0.6 is 0 Å². The Hall–Kier alpha value is -1.51. The molecule has 0 bridgehead atoms. The van der Waals surface area contributed by atoms with Crippen molar-refractivity contribution in [3.05, 3.63) is 0 Å². The first kappa shape index (κ1) is 17.5. The van der Waals surface area contributed by atoms with Crippen molar-refractivity contribution in [1.82, 2.24) is 9.80 Å². The molecular formula is C12H19F3N2O4. The van der Waals surface area contributed by atoms with Gasteiger partial charge in [0.1, 0.15) is 13.1 Å². The summed E-state index contributed by atoms with van der Waals surface area (Å²) in [7, 11) is 0. The van der Waals surface area contributed by atoms with Crippen LogP contribution in [0.4, 0.5) is 18.0 Å². The van der Waals surface area contributed by atoms with E-state index in [1.165, 1.54) is 4.90 Å². The molecule has 1 aliphatic heterocycles. The van der Waals surface area contributed by atoms with Crippen LogP contribution < -0.4 is 0 Å². The van der Waals surface area contributed by atoms with Gasteiger partial charge < -0.3 is 19.6 Å². The number of amides is 2. The molecule has 1 aliphatic rings. The predicted molar refractivity (Wildman–Crippen MR) is 66.9 cm³/mol. The molecule has 0 aromatic heterocycles. The van der Waals surface area contributed by atoms with Gasteiger partial charge in [-0.2, -0.15) is 13.2 Å². The summed E-state index contributed by atoms with van der Waals surface area (Å²) >= 11 is 0. The van der Waals surface area contributed by atoms with E-state index in [4.69, 9.17) is 9.84 Å². The molecule has 0 spiro atoms. The molecule has 1 fully saturated rings. The summed E-state index contributed by atoms with van der Waals surface area (Å²) in [6, 6.07) is -0.917. The third-order valence-electron chi connectivity index (χ3n) is 3.02. The molecule has 21 heavy (non-hydrogen) atoms. The van der Waals surface area contributed by atoms with E-state index in [1.807, 2.05) is 0 Å². The zero-order chi connectivity index (χ0) is 16.0. The maximum atomic E-state index is 12.5. The van der Waals surface area contributed by atoms with Gasteiger partial charge in [-0.1, -0.05) is 0 Å². The topological polar surface area (TPSA) is 70.1 Å². The second kappa shape index (κ2) is 7.48. The number of ether oxygens (including phenoxy) is 1. The summed E-state index contributed by atoms with van der Waals surface area (Å²) < 4.78 is 42.7. The van der Waals surface area contributed by atoms with Crippen LogP contribution in [-0.2, 0) is 9.53 Å². The molecule has 1 unspecified atom stereocenters. The lowest BCUT2D eigenvalue weighted by Crippen LogP contribution is -2.52. The predicted octanol–water partition coefficient (Wildman–Crippen LogP) is 1.56. The number of nitrogens with zero attached hydrogens (tertiary/aromatic N) is 2. The minimum absolute atomic E-state index is 0.181. The molecule has 0 aliphatic carbocycles. The third kappa shape index (κ3) is 6.19. The molecule has 0 aromatic rings. The Bertz CT molecular complexity index is 374. The maximum Gasteiger partial charge on any atom is 0.406 e. The second-order valence-corrected chi connectivity index (χ2v) is 4.81. The van der Waals surface area contributed by atoms with E-state index < -0.39 is 31.3 Å². The lowest BCUT2D eigenvalue weighted by Gasteiger charge is -2.36. The first-order chi connectivity index (χ1) is 9.73. The average molecular weight is 312 g/mol. The molecule has 1 saturated heterocycles. The van der Waals surface area contributed by atoms with Gasteiger partial charge in [-0.15, -0.1) is 0 Å². The van der Waals surface area contributed by atoms with Crippen molar-refractivity contribution in [2.45, 2.75) is 32.0 Å². The molecule has 1 N–H and O–H groups in total. The number of carbonyl (C=O) groups is 2. The molecular weight excluding hydrogens is 293 g/mol. The van der Waals surface area contributed by atoms with E-state index in [2.05, 4.69) is 0 Å². The summed E-state index contributed by atoms with van der Waals surface area (Å²) in [5.74, 6) is -1.48. The minimum atomic E-state index is -4.64.